The summed E-state index contributed by atoms with van der Waals surface area (Å²) in [5.74, 6) is 0. The number of aliphatic hydroxyl groups excluding tert-OH is 2. The molecule has 0 saturated carbocycles. The van der Waals surface area contributed by atoms with E-state index < -0.39 is 12.3 Å². The zero-order valence-electron chi connectivity index (χ0n) is 6.41. The first-order chi connectivity index (χ1) is 5.22. The number of likely N-dealkylation sites (tertiary alicyclic amines) is 1. The Morgan fingerprint density at radius 2 is 2.36 bits per heavy atom. The van der Waals surface area contributed by atoms with Gasteiger partial charge in [-0.15, -0.1) is 0 Å². The molecule has 0 unspecified atom stereocenters. The maximum absolute atomic E-state index is 12.5. The summed E-state index contributed by atoms with van der Waals surface area (Å²) in [6.45, 7) is 1.24. The SMILES string of the molecule is OC[C@@H](O)CN1CC[C@H](F)C1. The first-order valence-electron chi connectivity index (χ1n) is 3.87. The monoisotopic (exact) mass is 163 g/mol. The van der Waals surface area contributed by atoms with E-state index in [-0.39, 0.29) is 6.61 Å². The van der Waals surface area contributed by atoms with E-state index in [4.69, 9.17) is 10.2 Å². The van der Waals surface area contributed by atoms with Gasteiger partial charge in [-0.25, -0.2) is 4.39 Å². The van der Waals surface area contributed by atoms with Gasteiger partial charge in [0.05, 0.1) is 12.7 Å². The van der Waals surface area contributed by atoms with Crippen LogP contribution in [-0.4, -0.2) is 53.6 Å². The van der Waals surface area contributed by atoms with Crippen molar-refractivity contribution in [1.82, 2.24) is 4.90 Å². The van der Waals surface area contributed by atoms with Gasteiger partial charge in [-0.2, -0.15) is 0 Å². The Labute approximate surface area is 65.4 Å². The van der Waals surface area contributed by atoms with Crippen molar-refractivity contribution in [3.8, 4) is 0 Å². The summed E-state index contributed by atoms with van der Waals surface area (Å²) >= 11 is 0. The lowest BCUT2D eigenvalue weighted by atomic mass is 10.3. The molecule has 11 heavy (non-hydrogen) atoms. The van der Waals surface area contributed by atoms with Gasteiger partial charge in [0.2, 0.25) is 0 Å². The van der Waals surface area contributed by atoms with Gasteiger partial charge in [-0.3, -0.25) is 4.90 Å². The van der Waals surface area contributed by atoms with E-state index >= 15 is 0 Å². The number of halogens is 1. The number of hydrogen-bond acceptors (Lipinski definition) is 3. The first-order valence-corrected chi connectivity index (χ1v) is 3.87. The Bertz CT molecular complexity index is 123. The third-order valence-corrected chi connectivity index (χ3v) is 1.89. The lowest BCUT2D eigenvalue weighted by molar-refractivity contribution is 0.0644. The molecule has 1 aliphatic heterocycles. The molecular formula is C7H14FNO2. The van der Waals surface area contributed by atoms with Crippen LogP contribution in [0.4, 0.5) is 4.39 Å². The number of nitrogens with zero attached hydrogens (tertiary/aromatic N) is 1. The highest BCUT2D eigenvalue weighted by Crippen LogP contribution is 2.11. The van der Waals surface area contributed by atoms with Crippen LogP contribution in [-0.2, 0) is 0 Å². The summed E-state index contributed by atoms with van der Waals surface area (Å²) in [4.78, 5) is 1.82. The summed E-state index contributed by atoms with van der Waals surface area (Å²) in [5.41, 5.74) is 0. The second-order valence-corrected chi connectivity index (χ2v) is 2.98. The maximum Gasteiger partial charge on any atom is 0.114 e. The molecule has 2 atom stereocenters. The van der Waals surface area contributed by atoms with E-state index in [9.17, 15) is 4.39 Å². The van der Waals surface area contributed by atoms with Gasteiger partial charge in [-0.1, -0.05) is 0 Å². The fourth-order valence-electron chi connectivity index (χ4n) is 1.31. The van der Waals surface area contributed by atoms with Crippen molar-refractivity contribution >= 4 is 0 Å². The molecule has 1 heterocycles. The first kappa shape index (κ1) is 8.90. The maximum atomic E-state index is 12.5. The molecule has 0 amide bonds. The van der Waals surface area contributed by atoms with Gasteiger partial charge in [0.15, 0.2) is 0 Å². The summed E-state index contributed by atoms with van der Waals surface area (Å²) in [5, 5.41) is 17.5. The molecule has 66 valence electrons. The summed E-state index contributed by atoms with van der Waals surface area (Å²) in [7, 11) is 0. The number of β-amino-alcohol motifs (C(OH)–C–C–N with tert-alkyl or cyclic N) is 1. The van der Waals surface area contributed by atoms with E-state index in [2.05, 4.69) is 0 Å². The van der Waals surface area contributed by atoms with E-state index in [0.29, 0.717) is 26.1 Å². The van der Waals surface area contributed by atoms with Gasteiger partial charge in [-0.05, 0) is 6.42 Å². The van der Waals surface area contributed by atoms with Gasteiger partial charge in [0.1, 0.15) is 6.17 Å². The molecule has 1 rings (SSSR count). The minimum Gasteiger partial charge on any atom is -0.394 e. The average molecular weight is 163 g/mol. The van der Waals surface area contributed by atoms with Gasteiger partial charge < -0.3 is 10.2 Å². The predicted molar refractivity (Wildman–Crippen MR) is 39.0 cm³/mol. The fourth-order valence-corrected chi connectivity index (χ4v) is 1.31. The van der Waals surface area contributed by atoms with Crippen LogP contribution in [0.25, 0.3) is 0 Å². The number of aliphatic hydroxyl groups is 2. The van der Waals surface area contributed by atoms with Crippen molar-refractivity contribution in [2.45, 2.75) is 18.7 Å². The van der Waals surface area contributed by atoms with Crippen LogP contribution in [0.3, 0.4) is 0 Å². The normalized spacial score (nSPS) is 29.2. The summed E-state index contributed by atoms with van der Waals surface area (Å²) in [6.07, 6.45) is -0.917. The third kappa shape index (κ3) is 2.73. The molecule has 1 saturated heterocycles. The second-order valence-electron chi connectivity index (χ2n) is 2.98. The molecular weight excluding hydrogens is 149 g/mol. The Kier molecular flexibility index (Phi) is 3.23. The van der Waals surface area contributed by atoms with Crippen molar-refractivity contribution in [3.63, 3.8) is 0 Å². The third-order valence-electron chi connectivity index (χ3n) is 1.89. The molecule has 0 aromatic rings. The minimum absolute atomic E-state index is 0.243. The molecule has 0 aromatic carbocycles. The Morgan fingerprint density at radius 3 is 2.82 bits per heavy atom. The Hall–Kier alpha value is -0.190. The van der Waals surface area contributed by atoms with Crippen LogP contribution in [0.5, 0.6) is 0 Å². The second kappa shape index (κ2) is 3.99. The Balaban J connectivity index is 2.17. The zero-order valence-corrected chi connectivity index (χ0v) is 6.41. The number of hydrogen-bond donors (Lipinski definition) is 2. The van der Waals surface area contributed by atoms with Crippen molar-refractivity contribution in [2.24, 2.45) is 0 Å². The summed E-state index contributed by atoms with van der Waals surface area (Å²) < 4.78 is 12.5. The smallest absolute Gasteiger partial charge is 0.114 e. The Morgan fingerprint density at radius 1 is 1.64 bits per heavy atom. The topological polar surface area (TPSA) is 43.7 Å². The molecule has 0 aliphatic carbocycles. The predicted octanol–water partition coefficient (Wildman–Crippen LogP) is -0.617. The van der Waals surface area contributed by atoms with Crippen LogP contribution in [0.15, 0.2) is 0 Å². The van der Waals surface area contributed by atoms with Crippen LogP contribution >= 0.6 is 0 Å². The molecule has 1 fully saturated rings. The molecule has 2 N–H and O–H groups in total. The quantitative estimate of drug-likeness (QED) is 0.583. The van der Waals surface area contributed by atoms with Crippen molar-refractivity contribution < 1.29 is 14.6 Å². The molecule has 0 radical (unpaired) electrons. The van der Waals surface area contributed by atoms with Crippen LogP contribution in [0.2, 0.25) is 0 Å². The van der Waals surface area contributed by atoms with Crippen molar-refractivity contribution in [3.05, 3.63) is 0 Å². The number of alkyl halides is 1. The van der Waals surface area contributed by atoms with Crippen LogP contribution in [0.1, 0.15) is 6.42 Å². The van der Waals surface area contributed by atoms with Crippen molar-refractivity contribution in [1.29, 1.82) is 0 Å². The van der Waals surface area contributed by atoms with E-state index in [1.165, 1.54) is 0 Å². The molecule has 0 aromatic heterocycles. The lowest BCUT2D eigenvalue weighted by Gasteiger charge is -2.17. The highest BCUT2D eigenvalue weighted by atomic mass is 19.1. The number of rotatable bonds is 3. The average Bonchev–Trinajstić information content (AvgIpc) is 2.35. The van der Waals surface area contributed by atoms with E-state index in [1.54, 1.807) is 0 Å². The molecule has 4 heteroatoms. The zero-order chi connectivity index (χ0) is 8.27. The van der Waals surface area contributed by atoms with E-state index in [1.807, 2.05) is 4.90 Å². The molecule has 3 nitrogen and oxygen atoms in total. The standard InChI is InChI=1S/C7H14FNO2/c8-6-1-2-9(3-6)4-7(11)5-10/h6-7,10-11H,1-5H2/t6-,7-/m0/s1. The van der Waals surface area contributed by atoms with Crippen LogP contribution in [0, 0.1) is 0 Å². The minimum atomic E-state index is -0.749. The largest absolute Gasteiger partial charge is 0.394 e. The summed E-state index contributed by atoms with van der Waals surface area (Å²) in [6, 6.07) is 0. The van der Waals surface area contributed by atoms with Gasteiger partial charge >= 0.3 is 0 Å². The van der Waals surface area contributed by atoms with Gasteiger partial charge in [0.25, 0.3) is 0 Å². The van der Waals surface area contributed by atoms with Crippen LogP contribution < -0.4 is 0 Å². The molecule has 0 spiro atoms. The fraction of sp³-hybridized carbons (Fsp3) is 1.00. The molecule has 0 bridgehead atoms. The highest BCUT2D eigenvalue weighted by molar-refractivity contribution is 4.76. The van der Waals surface area contributed by atoms with Gasteiger partial charge in [0, 0.05) is 19.6 Å². The lowest BCUT2D eigenvalue weighted by Crippen LogP contribution is -2.32. The van der Waals surface area contributed by atoms with E-state index in [0.717, 1.165) is 0 Å². The van der Waals surface area contributed by atoms with Crippen molar-refractivity contribution in [2.75, 3.05) is 26.2 Å². The highest BCUT2D eigenvalue weighted by Gasteiger charge is 2.22. The molecule has 1 aliphatic rings.